The lowest BCUT2D eigenvalue weighted by atomic mass is 9.73. The van der Waals surface area contributed by atoms with Gasteiger partial charge in [0.15, 0.2) is 0 Å². The van der Waals surface area contributed by atoms with Crippen molar-refractivity contribution in [3.05, 3.63) is 162 Å². The Labute approximate surface area is 341 Å². The summed E-state index contributed by atoms with van der Waals surface area (Å²) in [5.74, 6) is 2.84. The molecule has 2 aliphatic rings. The van der Waals surface area contributed by atoms with E-state index in [4.69, 9.17) is 26.1 Å². The van der Waals surface area contributed by atoms with Crippen LogP contribution in [0.5, 0.6) is 23.3 Å². The Morgan fingerprint density at radius 2 is 1.19 bits per heavy atom. The van der Waals surface area contributed by atoms with Crippen LogP contribution < -0.4 is 19.7 Å². The van der Waals surface area contributed by atoms with Gasteiger partial charge in [0.1, 0.15) is 34.4 Å². The molecule has 0 saturated carbocycles. The maximum absolute atomic E-state index is 13.7. The van der Waals surface area contributed by atoms with Crippen molar-refractivity contribution in [1.82, 2.24) is 20.2 Å². The second-order valence-electron chi connectivity index (χ2n) is 14.0. The van der Waals surface area contributed by atoms with Crippen molar-refractivity contribution < 1.29 is 27.4 Å². The summed E-state index contributed by atoms with van der Waals surface area (Å²) in [6.45, 7) is 2.89. The van der Waals surface area contributed by atoms with Gasteiger partial charge in [-0.1, -0.05) is 115 Å². The Hall–Kier alpha value is -5.91. The number of aromatic nitrogens is 2. The van der Waals surface area contributed by atoms with Crippen LogP contribution in [0, 0.1) is 0 Å². The van der Waals surface area contributed by atoms with Crippen molar-refractivity contribution in [3.63, 3.8) is 0 Å². The van der Waals surface area contributed by atoms with Gasteiger partial charge in [0.25, 0.3) is 0 Å². The van der Waals surface area contributed by atoms with Gasteiger partial charge in [-0.05, 0) is 78.0 Å². The smallest absolute Gasteiger partial charge is 0.405 e. The number of nitrogens with zero attached hydrogens (tertiary/aromatic N) is 4. The molecule has 0 radical (unpaired) electrons. The highest BCUT2D eigenvalue weighted by molar-refractivity contribution is 6.29. The highest BCUT2D eigenvalue weighted by atomic mass is 35.5. The Morgan fingerprint density at radius 1 is 0.655 bits per heavy atom. The van der Waals surface area contributed by atoms with Crippen molar-refractivity contribution in [2.45, 2.75) is 30.9 Å². The molecule has 58 heavy (non-hydrogen) atoms. The first-order chi connectivity index (χ1) is 28.2. The molecule has 1 N–H and O–H groups in total. The number of amides is 1. The van der Waals surface area contributed by atoms with Crippen LogP contribution in [-0.4, -0.2) is 66.2 Å². The first kappa shape index (κ1) is 40.3. The molecular weight excluding hydrogens is 763 g/mol. The third-order valence-corrected chi connectivity index (χ3v) is 10.4. The molecule has 8 nitrogen and oxygen atoms in total. The van der Waals surface area contributed by atoms with Crippen LogP contribution in [0.3, 0.4) is 0 Å². The van der Waals surface area contributed by atoms with Gasteiger partial charge < -0.3 is 19.7 Å². The number of unbranched alkanes of at least 4 members (excludes halogenated alkanes) is 1. The molecule has 1 fully saturated rings. The minimum absolute atomic E-state index is 0.429. The number of para-hydroxylation sites is 2. The van der Waals surface area contributed by atoms with Crippen LogP contribution in [0.1, 0.15) is 30.4 Å². The number of hydrogen-bond acceptors (Lipinski definition) is 7. The van der Waals surface area contributed by atoms with Crippen LogP contribution in [0.2, 0.25) is 5.15 Å². The molecular formula is C46H43ClF3N5O3. The number of rotatable bonds is 12. The predicted molar refractivity (Wildman–Crippen MR) is 221 cm³/mol. The predicted octanol–water partition coefficient (Wildman–Crippen LogP) is 10.3. The van der Waals surface area contributed by atoms with E-state index in [1.807, 2.05) is 127 Å². The third-order valence-electron chi connectivity index (χ3n) is 10.2. The lowest BCUT2D eigenvalue weighted by Crippen LogP contribution is -2.48. The zero-order valence-electron chi connectivity index (χ0n) is 31.7. The largest absolute Gasteiger partial charge is 0.439 e. The lowest BCUT2D eigenvalue weighted by Gasteiger charge is -2.36. The van der Waals surface area contributed by atoms with Crippen LogP contribution in [-0.2, 0) is 10.2 Å². The monoisotopic (exact) mass is 805 g/mol. The molecule has 12 heteroatoms. The molecule has 2 aromatic heterocycles. The van der Waals surface area contributed by atoms with Gasteiger partial charge in [0, 0.05) is 38.3 Å². The second-order valence-corrected chi connectivity index (χ2v) is 14.4. The van der Waals surface area contributed by atoms with E-state index in [1.54, 1.807) is 18.2 Å². The molecule has 3 heterocycles. The second kappa shape index (κ2) is 18.6. The highest BCUT2D eigenvalue weighted by Crippen LogP contribution is 2.51. The number of ether oxygens (including phenoxy) is 2. The van der Waals surface area contributed by atoms with E-state index in [2.05, 4.69) is 20.1 Å². The number of piperazine rings is 1. The van der Waals surface area contributed by atoms with Crippen molar-refractivity contribution in [1.29, 1.82) is 0 Å². The topological polar surface area (TPSA) is 79.8 Å². The fourth-order valence-electron chi connectivity index (χ4n) is 7.51. The minimum atomic E-state index is -4.48. The van der Waals surface area contributed by atoms with Crippen LogP contribution >= 0.6 is 11.6 Å². The molecule has 0 atom stereocenters. The van der Waals surface area contributed by atoms with E-state index in [-0.39, 0.29) is 0 Å². The summed E-state index contributed by atoms with van der Waals surface area (Å²) in [5, 5.41) is 2.65. The number of halogens is 4. The zero-order chi connectivity index (χ0) is 40.4. The fraction of sp³-hybridized carbons (Fsp3) is 0.239. The molecule has 4 aromatic carbocycles. The van der Waals surface area contributed by atoms with Gasteiger partial charge in [0.2, 0.25) is 17.7 Å². The van der Waals surface area contributed by atoms with Crippen molar-refractivity contribution in [3.8, 4) is 34.4 Å². The van der Waals surface area contributed by atoms with Crippen molar-refractivity contribution in [2.75, 3.05) is 44.2 Å². The zero-order valence-corrected chi connectivity index (χ0v) is 32.5. The molecule has 1 aliphatic carbocycles. The Kier molecular flexibility index (Phi) is 12.9. The SMILES string of the molecule is Clc1cccc(Oc2ccccc2)n1.O=C(NCC(F)(F)F)C1(CCCCN2CCN(c3cccc(Oc4ccccc4)n3)CC2)c2ccccc2-c2ccccc21. The summed E-state index contributed by atoms with van der Waals surface area (Å²) >= 11 is 5.72. The molecule has 1 saturated heterocycles. The van der Waals surface area contributed by atoms with Gasteiger partial charge in [-0.25, -0.2) is 4.98 Å². The summed E-state index contributed by atoms with van der Waals surface area (Å²) in [5.41, 5.74) is 2.22. The Balaban J connectivity index is 0.000000307. The van der Waals surface area contributed by atoms with E-state index in [1.165, 1.54) is 0 Å². The van der Waals surface area contributed by atoms with E-state index in [0.29, 0.717) is 29.8 Å². The maximum atomic E-state index is 13.7. The number of anilines is 1. The molecule has 1 amide bonds. The maximum Gasteiger partial charge on any atom is 0.405 e. The van der Waals surface area contributed by atoms with Gasteiger partial charge in [-0.2, -0.15) is 18.2 Å². The van der Waals surface area contributed by atoms with Gasteiger partial charge in [-0.3, -0.25) is 9.69 Å². The first-order valence-electron chi connectivity index (χ1n) is 19.3. The summed E-state index contributed by atoms with van der Waals surface area (Å²) < 4.78 is 50.8. The number of nitrogens with one attached hydrogen (secondary N) is 1. The molecule has 0 unspecified atom stereocenters. The van der Waals surface area contributed by atoms with Crippen LogP contribution in [0.25, 0.3) is 11.1 Å². The average molecular weight is 806 g/mol. The lowest BCUT2D eigenvalue weighted by molar-refractivity contribution is -0.141. The number of carbonyl (C=O) groups excluding carboxylic acids is 1. The number of benzene rings is 4. The molecule has 0 bridgehead atoms. The first-order valence-corrected chi connectivity index (χ1v) is 19.6. The number of carbonyl (C=O) groups is 1. The molecule has 0 spiro atoms. The van der Waals surface area contributed by atoms with Crippen molar-refractivity contribution >= 4 is 23.3 Å². The fourth-order valence-corrected chi connectivity index (χ4v) is 7.67. The third kappa shape index (κ3) is 9.96. The molecule has 1 aliphatic heterocycles. The van der Waals surface area contributed by atoms with Crippen LogP contribution in [0.4, 0.5) is 19.0 Å². The Bertz CT molecular complexity index is 2230. The van der Waals surface area contributed by atoms with Gasteiger partial charge in [0.05, 0.1) is 0 Å². The number of hydrogen-bond donors (Lipinski definition) is 1. The highest BCUT2D eigenvalue weighted by Gasteiger charge is 2.49. The van der Waals surface area contributed by atoms with Crippen molar-refractivity contribution in [2.24, 2.45) is 0 Å². The summed E-state index contributed by atoms with van der Waals surface area (Å²) in [6.07, 6.45) is -2.52. The summed E-state index contributed by atoms with van der Waals surface area (Å²) in [7, 11) is 0. The summed E-state index contributed by atoms with van der Waals surface area (Å²) in [4.78, 5) is 27.1. The average Bonchev–Trinajstić information content (AvgIpc) is 3.53. The van der Waals surface area contributed by atoms with E-state index >= 15 is 0 Å². The quantitative estimate of drug-likeness (QED) is 0.0975. The standard InChI is InChI=1S/C35H35F3N4O2.C11H8ClNO/c36-35(37,38)25-39-33(43)34(29-15-6-4-13-27(29)28-14-5-7-16-30(28)34)19-8-9-20-41-21-23-42(24-22-41)31-17-10-18-32(40-31)44-26-11-2-1-3-12-26;12-10-7-4-8-11(13-10)14-9-5-2-1-3-6-9/h1-7,10-18H,8-9,19-25H2,(H,39,43);1-8H. The van der Waals surface area contributed by atoms with Gasteiger partial charge >= 0.3 is 6.18 Å². The van der Waals surface area contributed by atoms with E-state index < -0.39 is 24.0 Å². The number of alkyl halides is 3. The van der Waals surface area contributed by atoms with Gasteiger partial charge in [-0.15, -0.1) is 0 Å². The minimum Gasteiger partial charge on any atom is -0.439 e. The number of pyridine rings is 2. The molecule has 8 rings (SSSR count). The van der Waals surface area contributed by atoms with E-state index in [0.717, 1.165) is 78.7 Å². The molecule has 298 valence electrons. The number of fused-ring (bicyclic) bond motifs is 3. The van der Waals surface area contributed by atoms with E-state index in [9.17, 15) is 18.0 Å². The molecule has 6 aromatic rings. The van der Waals surface area contributed by atoms with Crippen LogP contribution in [0.15, 0.2) is 146 Å². The Morgan fingerprint density at radius 3 is 1.76 bits per heavy atom. The normalized spacial score (nSPS) is 14.4. The summed E-state index contributed by atoms with van der Waals surface area (Å²) in [6, 6.07) is 45.3.